The van der Waals surface area contributed by atoms with Gasteiger partial charge in [-0.25, -0.2) is 9.78 Å². The normalized spacial score (nSPS) is 12.8. The summed E-state index contributed by atoms with van der Waals surface area (Å²) in [4.78, 5) is 40.8. The van der Waals surface area contributed by atoms with Gasteiger partial charge in [-0.3, -0.25) is 4.79 Å². The second-order valence-electron chi connectivity index (χ2n) is 7.56. The molecule has 2 aromatic heterocycles. The maximum atomic E-state index is 12.8. The van der Waals surface area contributed by atoms with Crippen molar-refractivity contribution in [3.8, 4) is 0 Å². The maximum absolute atomic E-state index is 12.8. The number of aromatic nitrogens is 2. The molecule has 2 aromatic rings. The van der Waals surface area contributed by atoms with Crippen molar-refractivity contribution in [1.29, 1.82) is 0 Å². The highest BCUT2D eigenvalue weighted by Crippen LogP contribution is 2.13. The number of esters is 1. The van der Waals surface area contributed by atoms with Crippen molar-refractivity contribution in [2.75, 3.05) is 27.7 Å². The number of hydrogen-bond acceptors (Lipinski definition) is 6. The monoisotopic (exact) mass is 375 g/mol. The van der Waals surface area contributed by atoms with Crippen LogP contribution in [0.4, 0.5) is 0 Å². The highest BCUT2D eigenvalue weighted by molar-refractivity contribution is 5.93. The minimum Gasteiger partial charge on any atom is -0.550 e. The van der Waals surface area contributed by atoms with Crippen LogP contribution in [0.5, 0.6) is 0 Å². The molecule has 0 radical (unpaired) electrons. The van der Waals surface area contributed by atoms with Gasteiger partial charge in [0.05, 0.1) is 26.5 Å². The predicted octanol–water partition coefficient (Wildman–Crippen LogP) is 0.0964. The molecule has 0 amide bonds. The van der Waals surface area contributed by atoms with Gasteiger partial charge in [0.25, 0.3) is 0 Å². The van der Waals surface area contributed by atoms with E-state index in [2.05, 4.69) is 4.98 Å². The SMILES string of the molecule is CCn1cc(C(=O)OC(CC(=O)[O-])C[N+](C)(C)C)c(=O)c2ccc(C)nc21. The average Bonchev–Trinajstić information content (AvgIpc) is 2.52. The number of carbonyl (C=O) groups excluding carboxylic acids is 2. The number of aliphatic carboxylic acids is 1. The van der Waals surface area contributed by atoms with Gasteiger partial charge in [-0.2, -0.15) is 0 Å². The van der Waals surface area contributed by atoms with E-state index in [9.17, 15) is 19.5 Å². The van der Waals surface area contributed by atoms with Gasteiger partial charge in [0.2, 0.25) is 5.43 Å². The molecular weight excluding hydrogens is 350 g/mol. The molecule has 1 atom stereocenters. The van der Waals surface area contributed by atoms with Crippen LogP contribution in [-0.4, -0.2) is 59.8 Å². The number of carboxylic acids is 1. The fourth-order valence-electron chi connectivity index (χ4n) is 2.90. The summed E-state index contributed by atoms with van der Waals surface area (Å²) in [6.45, 7) is 4.48. The molecule has 0 aliphatic carbocycles. The van der Waals surface area contributed by atoms with E-state index < -0.39 is 29.9 Å². The lowest BCUT2D eigenvalue weighted by Gasteiger charge is -2.29. The van der Waals surface area contributed by atoms with Crippen LogP contribution in [-0.2, 0) is 16.1 Å². The number of pyridine rings is 2. The van der Waals surface area contributed by atoms with Crippen LogP contribution in [0.25, 0.3) is 11.0 Å². The molecule has 8 heteroatoms. The second-order valence-corrected chi connectivity index (χ2v) is 7.56. The van der Waals surface area contributed by atoms with Crippen LogP contribution in [0.15, 0.2) is 23.1 Å². The van der Waals surface area contributed by atoms with E-state index >= 15 is 0 Å². The Balaban J connectivity index is 2.43. The van der Waals surface area contributed by atoms with Crippen molar-refractivity contribution in [3.63, 3.8) is 0 Å². The van der Waals surface area contributed by atoms with Gasteiger partial charge in [-0.15, -0.1) is 0 Å². The fraction of sp³-hybridized carbons (Fsp3) is 0.474. The van der Waals surface area contributed by atoms with Crippen molar-refractivity contribution < 1.29 is 23.9 Å². The Hall–Kier alpha value is -2.74. The Morgan fingerprint density at radius 3 is 2.52 bits per heavy atom. The number of nitrogens with zero attached hydrogens (tertiary/aromatic N) is 3. The van der Waals surface area contributed by atoms with Gasteiger partial charge in [0.15, 0.2) is 6.10 Å². The van der Waals surface area contributed by atoms with Crippen molar-refractivity contribution in [1.82, 2.24) is 9.55 Å². The minimum absolute atomic E-state index is 0.139. The van der Waals surface area contributed by atoms with Crippen LogP contribution in [0.2, 0.25) is 0 Å². The zero-order valence-corrected chi connectivity index (χ0v) is 16.3. The summed E-state index contributed by atoms with van der Waals surface area (Å²) in [5, 5.41) is 11.3. The lowest BCUT2D eigenvalue weighted by molar-refractivity contribution is -0.873. The largest absolute Gasteiger partial charge is 0.550 e. The van der Waals surface area contributed by atoms with Gasteiger partial charge < -0.3 is 23.7 Å². The molecule has 0 saturated heterocycles. The molecule has 27 heavy (non-hydrogen) atoms. The van der Waals surface area contributed by atoms with Crippen molar-refractivity contribution in [2.24, 2.45) is 0 Å². The van der Waals surface area contributed by atoms with Crippen molar-refractivity contribution in [3.05, 3.63) is 39.8 Å². The molecule has 2 heterocycles. The van der Waals surface area contributed by atoms with E-state index in [1.165, 1.54) is 6.20 Å². The van der Waals surface area contributed by atoms with Crippen LogP contribution >= 0.6 is 0 Å². The minimum atomic E-state index is -1.31. The molecule has 0 aliphatic rings. The number of ether oxygens (including phenoxy) is 1. The highest BCUT2D eigenvalue weighted by atomic mass is 16.5. The summed E-state index contributed by atoms with van der Waals surface area (Å²) < 4.78 is 7.46. The quantitative estimate of drug-likeness (QED) is 0.502. The van der Waals surface area contributed by atoms with Crippen LogP contribution in [0.1, 0.15) is 29.4 Å². The first-order valence-electron chi connectivity index (χ1n) is 8.74. The molecule has 0 N–H and O–H groups in total. The van der Waals surface area contributed by atoms with Crippen LogP contribution in [0.3, 0.4) is 0 Å². The number of aryl methyl sites for hydroxylation is 2. The van der Waals surface area contributed by atoms with Gasteiger partial charge in [-0.1, -0.05) is 0 Å². The Kier molecular flexibility index (Phi) is 6.00. The molecule has 0 saturated carbocycles. The smallest absolute Gasteiger partial charge is 0.344 e. The van der Waals surface area contributed by atoms with Crippen LogP contribution in [0, 0.1) is 6.92 Å². The Bertz CT molecular complexity index is 927. The maximum Gasteiger partial charge on any atom is 0.344 e. The molecule has 2 rings (SSSR count). The highest BCUT2D eigenvalue weighted by Gasteiger charge is 2.25. The number of carboxylic acid groups (broad SMARTS) is 1. The Labute approximate surface area is 157 Å². The van der Waals surface area contributed by atoms with E-state index in [0.29, 0.717) is 22.1 Å². The van der Waals surface area contributed by atoms with E-state index in [-0.39, 0.29) is 12.1 Å². The number of quaternary nitrogens is 1. The summed E-state index contributed by atoms with van der Waals surface area (Å²) >= 11 is 0. The van der Waals surface area contributed by atoms with Crippen LogP contribution < -0.4 is 10.5 Å². The third-order valence-electron chi connectivity index (χ3n) is 4.04. The summed E-state index contributed by atoms with van der Waals surface area (Å²) in [5.41, 5.74) is 0.637. The van der Waals surface area contributed by atoms with E-state index in [0.717, 1.165) is 5.69 Å². The Morgan fingerprint density at radius 2 is 1.96 bits per heavy atom. The molecule has 1 unspecified atom stereocenters. The van der Waals surface area contributed by atoms with Crippen molar-refractivity contribution >= 4 is 23.0 Å². The van der Waals surface area contributed by atoms with Gasteiger partial charge in [-0.05, 0) is 26.0 Å². The molecule has 0 bridgehead atoms. The molecule has 0 aromatic carbocycles. The summed E-state index contributed by atoms with van der Waals surface area (Å²) in [6, 6.07) is 3.34. The lowest BCUT2D eigenvalue weighted by Crippen LogP contribution is -2.45. The van der Waals surface area contributed by atoms with Gasteiger partial charge >= 0.3 is 5.97 Å². The first-order valence-corrected chi connectivity index (χ1v) is 8.74. The zero-order valence-electron chi connectivity index (χ0n) is 16.3. The van der Waals surface area contributed by atoms with E-state index in [1.54, 1.807) is 16.7 Å². The molecule has 0 fully saturated rings. The third-order valence-corrected chi connectivity index (χ3v) is 4.04. The average molecular weight is 375 g/mol. The van der Waals surface area contributed by atoms with E-state index in [1.807, 2.05) is 35.0 Å². The predicted molar refractivity (Wildman–Crippen MR) is 98.1 cm³/mol. The first-order chi connectivity index (χ1) is 12.5. The molecule has 8 nitrogen and oxygen atoms in total. The number of hydrogen-bond donors (Lipinski definition) is 0. The van der Waals surface area contributed by atoms with Crippen molar-refractivity contribution in [2.45, 2.75) is 32.9 Å². The number of rotatable bonds is 7. The number of fused-ring (bicyclic) bond motifs is 1. The zero-order chi connectivity index (χ0) is 20.4. The molecule has 146 valence electrons. The lowest BCUT2D eigenvalue weighted by atomic mass is 10.1. The van der Waals surface area contributed by atoms with Gasteiger partial charge in [0, 0.05) is 30.8 Å². The third kappa shape index (κ3) is 5.13. The first kappa shape index (κ1) is 20.6. The second kappa shape index (κ2) is 7.87. The van der Waals surface area contributed by atoms with Gasteiger partial charge in [0.1, 0.15) is 17.8 Å². The Morgan fingerprint density at radius 1 is 1.30 bits per heavy atom. The molecule has 0 spiro atoms. The fourth-order valence-corrected chi connectivity index (χ4v) is 2.90. The summed E-state index contributed by atoms with van der Waals surface area (Å²) in [5.74, 6) is -2.16. The number of carbonyl (C=O) groups is 2. The summed E-state index contributed by atoms with van der Waals surface area (Å²) in [7, 11) is 5.55. The molecular formula is C19H25N3O5. The summed E-state index contributed by atoms with van der Waals surface area (Å²) in [6.07, 6.45) is 0.0859. The topological polar surface area (TPSA) is 101 Å². The van der Waals surface area contributed by atoms with E-state index in [4.69, 9.17) is 4.74 Å². The molecule has 0 aliphatic heterocycles. The number of likely N-dealkylation sites (N-methyl/N-ethyl adjacent to an activating group) is 1. The standard InChI is InChI=1S/C19H25N3O5/c1-6-21-10-15(17(25)14-8-7-12(2)20-18(14)21)19(26)27-13(9-16(23)24)11-22(3,4)5/h7-8,10,13H,6,9,11H2,1-5H3.